The summed E-state index contributed by atoms with van der Waals surface area (Å²) in [5.41, 5.74) is 9.85. The second-order valence-electron chi connectivity index (χ2n) is 12.5. The summed E-state index contributed by atoms with van der Waals surface area (Å²) in [7, 11) is 0. The van der Waals surface area contributed by atoms with Crippen LogP contribution >= 0.6 is 0 Å². The van der Waals surface area contributed by atoms with E-state index in [1.165, 1.54) is 92.8 Å². The van der Waals surface area contributed by atoms with Gasteiger partial charge in [0.25, 0.3) is 0 Å². The van der Waals surface area contributed by atoms with Crippen molar-refractivity contribution in [1.29, 1.82) is 0 Å². The Kier molecular flexibility index (Phi) is 5.64. The lowest BCUT2D eigenvalue weighted by Crippen LogP contribution is -1.92. The van der Waals surface area contributed by atoms with Gasteiger partial charge in [-0.2, -0.15) is 0 Å². The second kappa shape index (κ2) is 10.2. The van der Waals surface area contributed by atoms with E-state index in [9.17, 15) is 0 Å². The van der Waals surface area contributed by atoms with Crippen molar-refractivity contribution in [3.63, 3.8) is 0 Å². The lowest BCUT2D eigenvalue weighted by Gasteiger charge is -2.19. The standard InChI is InChI=1S/C46H29N/c1-3-16-34-29(11-1)13-10-22-37(34)45-40-20-7-5-18-38(40)44(39-19-6-8-21-41(39)45)33-15-9-14-31(27-33)32-24-25-36-42-26-23-30-12-2-4-17-35(30)46(42)47-43(36)28-32/h1-28,47H. The monoisotopic (exact) mass is 595 g/mol. The van der Waals surface area contributed by atoms with Gasteiger partial charge >= 0.3 is 0 Å². The first-order valence-electron chi connectivity index (χ1n) is 16.3. The molecule has 0 unspecified atom stereocenters. The average molecular weight is 596 g/mol. The van der Waals surface area contributed by atoms with Gasteiger partial charge in [-0.3, -0.25) is 0 Å². The zero-order valence-corrected chi connectivity index (χ0v) is 25.7. The molecule has 218 valence electrons. The molecule has 1 heteroatoms. The molecule has 10 rings (SSSR count). The molecule has 0 saturated carbocycles. The Morgan fingerprint density at radius 3 is 1.57 bits per heavy atom. The molecule has 0 spiro atoms. The van der Waals surface area contributed by atoms with Crippen molar-refractivity contribution in [3.05, 3.63) is 170 Å². The van der Waals surface area contributed by atoms with Crippen LogP contribution < -0.4 is 0 Å². The number of hydrogen-bond acceptors (Lipinski definition) is 0. The highest BCUT2D eigenvalue weighted by atomic mass is 14.7. The van der Waals surface area contributed by atoms with Crippen LogP contribution in [-0.4, -0.2) is 4.98 Å². The molecule has 0 radical (unpaired) electrons. The van der Waals surface area contributed by atoms with Gasteiger partial charge in [-0.25, -0.2) is 0 Å². The van der Waals surface area contributed by atoms with Crippen molar-refractivity contribution >= 4 is 64.9 Å². The Morgan fingerprint density at radius 1 is 0.298 bits per heavy atom. The van der Waals surface area contributed by atoms with Crippen LogP contribution in [-0.2, 0) is 0 Å². The summed E-state index contributed by atoms with van der Waals surface area (Å²) < 4.78 is 0. The van der Waals surface area contributed by atoms with Crippen LogP contribution in [0, 0.1) is 0 Å². The fraction of sp³-hybridized carbons (Fsp3) is 0. The maximum absolute atomic E-state index is 3.76. The quantitative estimate of drug-likeness (QED) is 0.196. The molecule has 0 saturated heterocycles. The molecule has 0 aliphatic carbocycles. The third-order valence-corrected chi connectivity index (χ3v) is 9.97. The Bertz CT molecular complexity index is 2790. The minimum Gasteiger partial charge on any atom is -0.354 e. The molecular weight excluding hydrogens is 567 g/mol. The summed E-state index contributed by atoms with van der Waals surface area (Å²) in [4.78, 5) is 3.76. The second-order valence-corrected chi connectivity index (χ2v) is 12.5. The van der Waals surface area contributed by atoms with Crippen LogP contribution in [0.3, 0.4) is 0 Å². The zero-order valence-electron chi connectivity index (χ0n) is 25.7. The van der Waals surface area contributed by atoms with E-state index in [4.69, 9.17) is 0 Å². The number of fused-ring (bicyclic) bond motifs is 8. The van der Waals surface area contributed by atoms with Crippen molar-refractivity contribution in [2.24, 2.45) is 0 Å². The molecule has 1 nitrogen and oxygen atoms in total. The molecule has 1 heterocycles. The molecule has 9 aromatic carbocycles. The first kappa shape index (κ1) is 26.1. The molecule has 1 aromatic heterocycles. The third-order valence-electron chi connectivity index (χ3n) is 9.97. The summed E-state index contributed by atoms with van der Waals surface area (Å²) in [6.45, 7) is 0. The molecule has 0 bridgehead atoms. The number of aromatic nitrogens is 1. The van der Waals surface area contributed by atoms with Crippen molar-refractivity contribution in [1.82, 2.24) is 4.98 Å². The summed E-state index contributed by atoms with van der Waals surface area (Å²) >= 11 is 0. The summed E-state index contributed by atoms with van der Waals surface area (Å²) in [6.07, 6.45) is 0. The van der Waals surface area contributed by atoms with E-state index in [0.29, 0.717) is 0 Å². The number of aromatic amines is 1. The summed E-state index contributed by atoms with van der Waals surface area (Å²) in [5, 5.41) is 12.7. The predicted octanol–water partition coefficient (Wildman–Crippen LogP) is 12.9. The minimum absolute atomic E-state index is 1.16. The van der Waals surface area contributed by atoms with Crippen LogP contribution in [0.1, 0.15) is 0 Å². The van der Waals surface area contributed by atoms with E-state index in [-0.39, 0.29) is 0 Å². The van der Waals surface area contributed by atoms with Gasteiger partial charge in [0, 0.05) is 21.7 Å². The molecule has 0 fully saturated rings. The van der Waals surface area contributed by atoms with Crippen LogP contribution in [0.4, 0.5) is 0 Å². The molecule has 0 aliphatic heterocycles. The Balaban J connectivity index is 1.19. The van der Waals surface area contributed by atoms with Gasteiger partial charge in [-0.1, -0.05) is 158 Å². The highest BCUT2D eigenvalue weighted by molar-refractivity contribution is 6.23. The number of nitrogens with one attached hydrogen (secondary N) is 1. The fourth-order valence-electron chi connectivity index (χ4n) is 7.85. The highest BCUT2D eigenvalue weighted by Gasteiger charge is 2.18. The average Bonchev–Trinajstić information content (AvgIpc) is 3.52. The molecule has 10 aromatic rings. The molecular formula is C46H29N. The van der Waals surface area contributed by atoms with Gasteiger partial charge in [-0.05, 0) is 83.2 Å². The molecule has 0 atom stereocenters. The Morgan fingerprint density at radius 2 is 0.830 bits per heavy atom. The maximum Gasteiger partial charge on any atom is 0.0544 e. The molecule has 0 amide bonds. The van der Waals surface area contributed by atoms with Gasteiger partial charge in [0.15, 0.2) is 0 Å². The van der Waals surface area contributed by atoms with Crippen molar-refractivity contribution in [2.45, 2.75) is 0 Å². The topological polar surface area (TPSA) is 15.8 Å². The van der Waals surface area contributed by atoms with E-state index in [0.717, 1.165) is 5.52 Å². The number of rotatable bonds is 3. The summed E-state index contributed by atoms with van der Waals surface area (Å²) in [5.74, 6) is 0. The number of benzene rings is 9. The highest BCUT2D eigenvalue weighted by Crippen LogP contribution is 2.45. The van der Waals surface area contributed by atoms with Gasteiger partial charge in [0.1, 0.15) is 0 Å². The lowest BCUT2D eigenvalue weighted by molar-refractivity contribution is 1.55. The van der Waals surface area contributed by atoms with Gasteiger partial charge < -0.3 is 4.98 Å². The van der Waals surface area contributed by atoms with Crippen molar-refractivity contribution in [3.8, 4) is 33.4 Å². The molecule has 47 heavy (non-hydrogen) atoms. The molecule has 1 N–H and O–H groups in total. The Hall–Kier alpha value is -6.18. The first-order chi connectivity index (χ1) is 23.3. The van der Waals surface area contributed by atoms with Gasteiger partial charge in [-0.15, -0.1) is 0 Å². The normalized spacial score (nSPS) is 11.8. The van der Waals surface area contributed by atoms with Crippen LogP contribution in [0.15, 0.2) is 170 Å². The SMILES string of the molecule is c1cc(-c2ccc3c(c2)[nH]c2c4ccccc4ccc32)cc(-c2c3ccccc3c(-c3cccc4ccccc34)c3ccccc23)c1. The predicted molar refractivity (Wildman–Crippen MR) is 202 cm³/mol. The third kappa shape index (κ3) is 3.97. The largest absolute Gasteiger partial charge is 0.354 e. The van der Waals surface area contributed by atoms with E-state index in [1.807, 2.05) is 0 Å². The van der Waals surface area contributed by atoms with E-state index in [1.54, 1.807) is 0 Å². The van der Waals surface area contributed by atoms with Gasteiger partial charge in [0.2, 0.25) is 0 Å². The van der Waals surface area contributed by atoms with Crippen molar-refractivity contribution in [2.75, 3.05) is 0 Å². The van der Waals surface area contributed by atoms with E-state index >= 15 is 0 Å². The Labute approximate surface area is 272 Å². The minimum atomic E-state index is 1.16. The fourth-order valence-corrected chi connectivity index (χ4v) is 7.85. The first-order valence-corrected chi connectivity index (χ1v) is 16.3. The smallest absolute Gasteiger partial charge is 0.0544 e. The van der Waals surface area contributed by atoms with Crippen molar-refractivity contribution < 1.29 is 0 Å². The van der Waals surface area contributed by atoms with Crippen LogP contribution in [0.25, 0.3) is 98.3 Å². The lowest BCUT2D eigenvalue weighted by atomic mass is 9.84. The number of hydrogen-bond donors (Lipinski definition) is 1. The van der Waals surface area contributed by atoms with Crippen LogP contribution in [0.5, 0.6) is 0 Å². The summed E-state index contributed by atoms with van der Waals surface area (Å²) in [6, 6.07) is 62.2. The number of H-pyrrole nitrogens is 1. The van der Waals surface area contributed by atoms with Gasteiger partial charge in [0.05, 0.1) is 5.52 Å². The zero-order chi connectivity index (χ0) is 30.9. The maximum atomic E-state index is 3.76. The van der Waals surface area contributed by atoms with E-state index in [2.05, 4.69) is 175 Å². The van der Waals surface area contributed by atoms with Crippen LogP contribution in [0.2, 0.25) is 0 Å². The molecule has 0 aliphatic rings. The van der Waals surface area contributed by atoms with E-state index < -0.39 is 0 Å².